The van der Waals surface area contributed by atoms with Crippen molar-refractivity contribution >= 4 is 5.69 Å². The zero-order chi connectivity index (χ0) is 18.0. The average molecular weight is 343 g/mol. The Morgan fingerprint density at radius 1 is 1.29 bits per heavy atom. The van der Waals surface area contributed by atoms with Crippen LogP contribution in [0.1, 0.15) is 17.0 Å². The van der Waals surface area contributed by atoms with E-state index < -0.39 is 35.2 Å². The first-order chi connectivity index (χ1) is 11.2. The molecule has 0 N–H and O–H groups in total. The molecule has 0 spiro atoms. The Labute approximate surface area is 133 Å². The van der Waals surface area contributed by atoms with Crippen LogP contribution >= 0.6 is 0 Å². The third-order valence-corrected chi connectivity index (χ3v) is 3.72. The molecular formula is C14H12F3N3O4. The van der Waals surface area contributed by atoms with Crippen molar-refractivity contribution in [1.82, 2.24) is 5.16 Å². The third kappa shape index (κ3) is 3.12. The highest BCUT2D eigenvalue weighted by molar-refractivity contribution is 5.46. The molecule has 0 amide bonds. The van der Waals surface area contributed by atoms with Crippen molar-refractivity contribution in [2.75, 3.05) is 6.54 Å². The summed E-state index contributed by atoms with van der Waals surface area (Å²) in [6.45, 7) is -0.0758. The lowest BCUT2D eigenvalue weighted by atomic mass is 9.75. The number of hydrogen-bond acceptors (Lipinski definition) is 6. The molecule has 1 aromatic carbocycles. The molecule has 7 nitrogen and oxygen atoms in total. The summed E-state index contributed by atoms with van der Waals surface area (Å²) in [6.07, 6.45) is -5.92. The van der Waals surface area contributed by atoms with E-state index >= 15 is 0 Å². The Bertz CT molecular complexity index is 745. The second-order valence-corrected chi connectivity index (χ2v) is 5.24. The highest BCUT2D eigenvalue weighted by atomic mass is 19.4. The topological polar surface area (TPSA) is 98.6 Å². The number of aryl methyl sites for hydroxylation is 1. The van der Waals surface area contributed by atoms with Gasteiger partial charge in [-0.1, -0.05) is 35.5 Å². The molecule has 1 heterocycles. The number of nitro groups is 1. The molecule has 1 aromatic heterocycles. The van der Waals surface area contributed by atoms with Crippen molar-refractivity contribution in [3.63, 3.8) is 0 Å². The van der Waals surface area contributed by atoms with Crippen LogP contribution in [0.25, 0.3) is 0 Å². The van der Waals surface area contributed by atoms with E-state index in [1.54, 1.807) is 0 Å². The Morgan fingerprint density at radius 3 is 2.42 bits per heavy atom. The van der Waals surface area contributed by atoms with Gasteiger partial charge in [0, 0.05) is 11.3 Å². The van der Waals surface area contributed by atoms with Gasteiger partial charge >= 0.3 is 6.18 Å². The number of nitrogens with zero attached hydrogens (tertiary/aromatic N) is 3. The highest BCUT2D eigenvalue weighted by Crippen LogP contribution is 2.45. The van der Waals surface area contributed by atoms with Crippen LogP contribution in [0, 0.1) is 21.9 Å². The predicted octanol–water partition coefficient (Wildman–Crippen LogP) is 3.70. The Kier molecular flexibility index (Phi) is 4.67. The first-order valence-electron chi connectivity index (χ1n) is 6.74. The van der Waals surface area contributed by atoms with Gasteiger partial charge in [-0.15, -0.1) is 4.91 Å². The van der Waals surface area contributed by atoms with E-state index in [-0.39, 0.29) is 16.9 Å². The number of rotatable bonds is 6. The van der Waals surface area contributed by atoms with Crippen LogP contribution in [-0.2, 0) is 11.8 Å². The minimum Gasteiger partial charge on any atom is -0.359 e. The van der Waals surface area contributed by atoms with Gasteiger partial charge in [0.25, 0.3) is 0 Å². The largest absolute Gasteiger partial charge is 0.405 e. The van der Waals surface area contributed by atoms with Gasteiger partial charge in [-0.3, -0.25) is 10.1 Å². The van der Waals surface area contributed by atoms with E-state index in [0.717, 1.165) is 12.1 Å². The van der Waals surface area contributed by atoms with E-state index in [4.69, 9.17) is 4.52 Å². The molecule has 1 unspecified atom stereocenters. The highest BCUT2D eigenvalue weighted by Gasteiger charge is 2.60. The number of halogens is 3. The maximum absolute atomic E-state index is 13.9. The lowest BCUT2D eigenvalue weighted by Gasteiger charge is -2.31. The number of alkyl halides is 3. The average Bonchev–Trinajstić information content (AvgIpc) is 2.85. The van der Waals surface area contributed by atoms with Crippen LogP contribution in [0.15, 0.2) is 40.0 Å². The molecule has 2 rings (SSSR count). The van der Waals surface area contributed by atoms with Crippen molar-refractivity contribution in [2.45, 2.75) is 24.9 Å². The zero-order valence-electron chi connectivity index (χ0n) is 12.4. The fourth-order valence-electron chi connectivity index (χ4n) is 2.50. The van der Waals surface area contributed by atoms with Gasteiger partial charge < -0.3 is 4.52 Å². The van der Waals surface area contributed by atoms with Gasteiger partial charge in [0.15, 0.2) is 16.9 Å². The molecule has 1 atom stereocenters. The molecule has 0 aliphatic rings. The van der Waals surface area contributed by atoms with Gasteiger partial charge in [0.05, 0.1) is 0 Å². The van der Waals surface area contributed by atoms with Crippen LogP contribution in [0.3, 0.4) is 0 Å². The van der Waals surface area contributed by atoms with E-state index in [9.17, 15) is 28.2 Å². The molecule has 24 heavy (non-hydrogen) atoms. The van der Waals surface area contributed by atoms with Crippen molar-refractivity contribution in [3.05, 3.63) is 62.4 Å². The molecule has 2 aromatic rings. The molecule has 0 aliphatic heterocycles. The summed E-state index contributed by atoms with van der Waals surface area (Å²) in [7, 11) is 0. The molecule has 128 valence electrons. The fraction of sp³-hybridized carbons (Fsp3) is 0.357. The van der Waals surface area contributed by atoms with E-state index in [2.05, 4.69) is 10.3 Å². The normalized spacial score (nSPS) is 14.2. The van der Waals surface area contributed by atoms with Crippen LogP contribution in [0.4, 0.5) is 18.9 Å². The number of aromatic nitrogens is 1. The number of hydrogen-bond donors (Lipinski definition) is 0. The molecule has 0 saturated heterocycles. The third-order valence-electron chi connectivity index (χ3n) is 3.72. The van der Waals surface area contributed by atoms with Gasteiger partial charge in [0.2, 0.25) is 6.54 Å². The van der Waals surface area contributed by atoms with E-state index in [0.29, 0.717) is 0 Å². The number of benzene rings is 1. The summed E-state index contributed by atoms with van der Waals surface area (Å²) >= 11 is 0. The van der Waals surface area contributed by atoms with Gasteiger partial charge in [-0.25, -0.2) is 0 Å². The Balaban J connectivity index is 2.65. The lowest BCUT2D eigenvalue weighted by molar-refractivity contribution is -0.501. The summed E-state index contributed by atoms with van der Waals surface area (Å²) in [6, 6.07) is 6.48. The molecular weight excluding hydrogens is 331 g/mol. The van der Waals surface area contributed by atoms with Gasteiger partial charge in [-0.2, -0.15) is 13.2 Å². The second kappa shape index (κ2) is 6.38. The minimum absolute atomic E-state index is 0.0187. The predicted molar refractivity (Wildman–Crippen MR) is 76.4 cm³/mol. The van der Waals surface area contributed by atoms with Crippen molar-refractivity contribution in [3.8, 4) is 0 Å². The zero-order valence-corrected chi connectivity index (χ0v) is 12.4. The second-order valence-electron chi connectivity index (χ2n) is 5.24. The monoisotopic (exact) mass is 343 g/mol. The van der Waals surface area contributed by atoms with E-state index in [1.165, 1.54) is 25.1 Å². The standard InChI is InChI=1S/C14H12F3N3O4/c1-9-12(18-21)11(24-19-9)7-13(8-20(22)23,14(15,16)17)10-5-3-2-4-6-10/h2-6H,7-8H2,1H3. The number of nitroso groups, excluding NO2 is 1. The summed E-state index contributed by atoms with van der Waals surface area (Å²) in [5.74, 6) is -0.439. The SMILES string of the molecule is Cc1noc(CC(C[N+](=O)[O-])(c2ccccc2)C(F)(F)F)c1N=O. The lowest BCUT2D eigenvalue weighted by Crippen LogP contribution is -2.49. The maximum Gasteiger partial charge on any atom is 0.405 e. The van der Waals surface area contributed by atoms with Gasteiger partial charge in [-0.05, 0) is 17.7 Å². The van der Waals surface area contributed by atoms with Gasteiger partial charge in [0.1, 0.15) is 5.69 Å². The van der Waals surface area contributed by atoms with Crippen LogP contribution in [-0.4, -0.2) is 22.8 Å². The summed E-state index contributed by atoms with van der Waals surface area (Å²) in [4.78, 5) is 20.8. The molecule has 0 bridgehead atoms. The summed E-state index contributed by atoms with van der Waals surface area (Å²) in [5.41, 5.74) is -3.53. The summed E-state index contributed by atoms with van der Waals surface area (Å²) < 4.78 is 46.4. The van der Waals surface area contributed by atoms with Crippen LogP contribution < -0.4 is 0 Å². The van der Waals surface area contributed by atoms with Crippen molar-refractivity contribution < 1.29 is 22.6 Å². The first kappa shape index (κ1) is 17.6. The minimum atomic E-state index is -4.97. The van der Waals surface area contributed by atoms with Crippen molar-refractivity contribution in [2.24, 2.45) is 5.18 Å². The molecule has 10 heteroatoms. The first-order valence-corrected chi connectivity index (χ1v) is 6.74. The van der Waals surface area contributed by atoms with Crippen LogP contribution in [0.5, 0.6) is 0 Å². The molecule has 0 aliphatic carbocycles. The molecule has 0 saturated carbocycles. The maximum atomic E-state index is 13.9. The molecule has 0 radical (unpaired) electrons. The quantitative estimate of drug-likeness (QED) is 0.452. The van der Waals surface area contributed by atoms with Crippen LogP contribution in [0.2, 0.25) is 0 Å². The Morgan fingerprint density at radius 2 is 1.92 bits per heavy atom. The van der Waals surface area contributed by atoms with Crippen molar-refractivity contribution in [1.29, 1.82) is 0 Å². The smallest absolute Gasteiger partial charge is 0.359 e. The summed E-state index contributed by atoms with van der Waals surface area (Å²) in [5, 5.41) is 17.0. The fourth-order valence-corrected chi connectivity index (χ4v) is 2.50. The Hall–Kier alpha value is -2.78. The van der Waals surface area contributed by atoms with E-state index in [1.807, 2.05) is 0 Å². The molecule has 0 fully saturated rings.